The van der Waals surface area contributed by atoms with Gasteiger partial charge in [0.05, 0.1) is 6.16 Å². The molecule has 0 aromatic heterocycles. The van der Waals surface area contributed by atoms with Gasteiger partial charge in [-0.15, -0.1) is 0 Å². The number of carbonyl (C=O) groups excluding carboxylic acids is 1. The van der Waals surface area contributed by atoms with Crippen molar-refractivity contribution in [2.45, 2.75) is 13.0 Å². The van der Waals surface area contributed by atoms with E-state index in [-0.39, 0.29) is 11.9 Å². The predicted octanol–water partition coefficient (Wildman–Crippen LogP) is 1.92. The van der Waals surface area contributed by atoms with Crippen LogP contribution >= 0.6 is 7.37 Å². The highest BCUT2D eigenvalue weighted by atomic mass is 31.2. The lowest BCUT2D eigenvalue weighted by molar-refractivity contribution is -0.122. The van der Waals surface area contributed by atoms with Gasteiger partial charge in [-0.05, 0) is 19.1 Å². The summed E-state index contributed by atoms with van der Waals surface area (Å²) >= 11 is 0. The summed E-state index contributed by atoms with van der Waals surface area (Å²) in [7, 11) is -3.31. The van der Waals surface area contributed by atoms with Crippen LogP contribution in [-0.4, -0.2) is 29.6 Å². The molecule has 0 amide bonds. The number of hydrogen-bond acceptors (Lipinski definition) is 3. The molecule has 0 fully saturated rings. The number of benzene rings is 1. The Kier molecular flexibility index (Phi) is 4.27. The second-order valence-electron chi connectivity index (χ2n) is 3.75. The minimum Gasteiger partial charge on any atom is -0.483 e. The first-order chi connectivity index (χ1) is 7.38. The van der Waals surface area contributed by atoms with Crippen LogP contribution in [0.1, 0.15) is 6.92 Å². The van der Waals surface area contributed by atoms with Gasteiger partial charge in [-0.2, -0.15) is 0 Å². The van der Waals surface area contributed by atoms with Crippen LogP contribution in [0.4, 0.5) is 0 Å². The van der Waals surface area contributed by atoms with E-state index in [1.807, 2.05) is 6.07 Å². The number of ether oxygens (including phenoxy) is 1. The number of rotatable bonds is 5. The van der Waals surface area contributed by atoms with E-state index < -0.39 is 13.5 Å². The Morgan fingerprint density at radius 1 is 1.44 bits per heavy atom. The van der Waals surface area contributed by atoms with Gasteiger partial charge in [-0.1, -0.05) is 18.2 Å². The van der Waals surface area contributed by atoms with Crippen molar-refractivity contribution < 1.29 is 19.0 Å². The summed E-state index contributed by atoms with van der Waals surface area (Å²) in [4.78, 5) is 20.6. The highest BCUT2D eigenvalue weighted by molar-refractivity contribution is 7.58. The molecule has 0 spiro atoms. The monoisotopic (exact) mass is 242 g/mol. The first-order valence-corrected chi connectivity index (χ1v) is 7.21. The van der Waals surface area contributed by atoms with E-state index in [1.54, 1.807) is 31.2 Å². The fourth-order valence-electron chi connectivity index (χ4n) is 1.19. The molecule has 2 unspecified atom stereocenters. The SMILES string of the molecule is CC(Oc1ccccc1)C(=O)CP(C)(=O)O. The van der Waals surface area contributed by atoms with Crippen molar-refractivity contribution in [3.8, 4) is 5.75 Å². The highest BCUT2D eigenvalue weighted by Crippen LogP contribution is 2.35. The standard InChI is InChI=1S/C11H15O4P/c1-9(11(12)8-16(2,13)14)15-10-6-4-3-5-7-10/h3-7,9H,8H2,1-2H3,(H,13,14). The molecule has 1 aromatic carbocycles. The van der Waals surface area contributed by atoms with E-state index in [0.717, 1.165) is 0 Å². The van der Waals surface area contributed by atoms with Crippen LogP contribution in [0.25, 0.3) is 0 Å². The molecule has 0 bridgehead atoms. The minimum absolute atomic E-state index is 0.346. The summed E-state index contributed by atoms with van der Waals surface area (Å²) in [5.74, 6) is 0.212. The van der Waals surface area contributed by atoms with Gasteiger partial charge >= 0.3 is 0 Å². The second kappa shape index (κ2) is 5.28. The van der Waals surface area contributed by atoms with E-state index in [2.05, 4.69) is 0 Å². The van der Waals surface area contributed by atoms with Crippen molar-refractivity contribution in [2.75, 3.05) is 12.8 Å². The van der Waals surface area contributed by atoms with Crippen LogP contribution < -0.4 is 4.74 Å². The van der Waals surface area contributed by atoms with Gasteiger partial charge in [-0.25, -0.2) is 0 Å². The normalized spacial score (nSPS) is 16.2. The van der Waals surface area contributed by atoms with Gasteiger partial charge in [0.15, 0.2) is 11.9 Å². The topological polar surface area (TPSA) is 63.6 Å². The van der Waals surface area contributed by atoms with Gasteiger partial charge in [-0.3, -0.25) is 9.36 Å². The maximum atomic E-state index is 11.5. The Bertz CT molecular complexity index is 396. The third-order valence-electron chi connectivity index (χ3n) is 1.96. The molecule has 1 aromatic rings. The number of hydrogen-bond donors (Lipinski definition) is 1. The second-order valence-corrected chi connectivity index (χ2v) is 6.17. The van der Waals surface area contributed by atoms with Crippen molar-refractivity contribution in [3.05, 3.63) is 30.3 Å². The maximum absolute atomic E-state index is 11.5. The molecule has 2 atom stereocenters. The molecule has 1 N–H and O–H groups in total. The molecule has 16 heavy (non-hydrogen) atoms. The average molecular weight is 242 g/mol. The molecule has 0 saturated carbocycles. The Balaban J connectivity index is 2.56. The molecule has 0 radical (unpaired) electrons. The van der Waals surface area contributed by atoms with Crippen LogP contribution in [-0.2, 0) is 9.36 Å². The summed E-state index contributed by atoms with van der Waals surface area (Å²) in [5.41, 5.74) is 0. The first-order valence-electron chi connectivity index (χ1n) is 4.92. The quantitative estimate of drug-likeness (QED) is 0.801. The third-order valence-corrected chi connectivity index (χ3v) is 2.86. The molecular formula is C11H15O4P. The molecule has 88 valence electrons. The summed E-state index contributed by atoms with van der Waals surface area (Å²) in [5, 5.41) is 0. The Hall–Kier alpha value is -1.12. The van der Waals surface area contributed by atoms with E-state index in [4.69, 9.17) is 9.63 Å². The summed E-state index contributed by atoms with van der Waals surface area (Å²) in [6.07, 6.45) is -1.05. The number of para-hydroxylation sites is 1. The average Bonchev–Trinajstić information content (AvgIpc) is 2.16. The van der Waals surface area contributed by atoms with Crippen molar-refractivity contribution in [1.82, 2.24) is 0 Å². The van der Waals surface area contributed by atoms with Crippen LogP contribution in [0, 0.1) is 0 Å². The molecule has 4 nitrogen and oxygen atoms in total. The molecule has 0 aliphatic heterocycles. The number of Topliss-reactive ketones (excluding diaryl/α,β-unsaturated/α-hetero) is 1. The largest absolute Gasteiger partial charge is 0.483 e. The van der Waals surface area contributed by atoms with Crippen LogP contribution in [0.15, 0.2) is 30.3 Å². The van der Waals surface area contributed by atoms with E-state index in [0.29, 0.717) is 5.75 Å². The van der Waals surface area contributed by atoms with Gasteiger partial charge in [0.25, 0.3) is 0 Å². The fraction of sp³-hybridized carbons (Fsp3) is 0.364. The predicted molar refractivity (Wildman–Crippen MR) is 62.2 cm³/mol. The fourth-order valence-corrected chi connectivity index (χ4v) is 2.02. The first kappa shape index (κ1) is 12.9. The summed E-state index contributed by atoms with van der Waals surface area (Å²) < 4.78 is 16.4. The van der Waals surface area contributed by atoms with Crippen LogP contribution in [0.2, 0.25) is 0 Å². The zero-order valence-electron chi connectivity index (χ0n) is 9.29. The lowest BCUT2D eigenvalue weighted by atomic mass is 10.3. The summed E-state index contributed by atoms with van der Waals surface area (Å²) in [6.45, 7) is 2.74. The van der Waals surface area contributed by atoms with Crippen molar-refractivity contribution in [2.24, 2.45) is 0 Å². The highest BCUT2D eigenvalue weighted by Gasteiger charge is 2.22. The molecule has 1 rings (SSSR count). The molecular weight excluding hydrogens is 227 g/mol. The molecule has 0 aliphatic carbocycles. The number of ketones is 1. The van der Waals surface area contributed by atoms with E-state index in [9.17, 15) is 9.36 Å². The zero-order chi connectivity index (χ0) is 12.2. The zero-order valence-corrected chi connectivity index (χ0v) is 10.2. The Morgan fingerprint density at radius 3 is 2.50 bits per heavy atom. The van der Waals surface area contributed by atoms with E-state index in [1.165, 1.54) is 6.66 Å². The Morgan fingerprint density at radius 2 is 2.00 bits per heavy atom. The molecule has 0 saturated heterocycles. The molecule has 0 aliphatic rings. The van der Waals surface area contributed by atoms with Gasteiger partial charge in [0.2, 0.25) is 7.37 Å². The van der Waals surface area contributed by atoms with Gasteiger partial charge in [0.1, 0.15) is 5.75 Å². The van der Waals surface area contributed by atoms with Gasteiger partial charge < -0.3 is 9.63 Å². The maximum Gasteiger partial charge on any atom is 0.205 e. The lowest BCUT2D eigenvalue weighted by Gasteiger charge is -2.14. The molecule has 0 heterocycles. The number of carbonyl (C=O) groups is 1. The minimum atomic E-state index is -3.31. The van der Waals surface area contributed by atoms with Crippen LogP contribution in [0.3, 0.4) is 0 Å². The smallest absolute Gasteiger partial charge is 0.205 e. The summed E-state index contributed by atoms with van der Waals surface area (Å²) in [6, 6.07) is 8.89. The lowest BCUT2D eigenvalue weighted by Crippen LogP contribution is -2.26. The van der Waals surface area contributed by atoms with Crippen molar-refractivity contribution >= 4 is 13.2 Å². The Labute approximate surface area is 94.7 Å². The van der Waals surface area contributed by atoms with Gasteiger partial charge in [0, 0.05) is 6.66 Å². The van der Waals surface area contributed by atoms with Crippen molar-refractivity contribution in [3.63, 3.8) is 0 Å². The third kappa shape index (κ3) is 4.60. The van der Waals surface area contributed by atoms with Crippen molar-refractivity contribution in [1.29, 1.82) is 0 Å². The molecule has 5 heteroatoms. The van der Waals surface area contributed by atoms with Crippen LogP contribution in [0.5, 0.6) is 5.75 Å². The van der Waals surface area contributed by atoms with E-state index >= 15 is 0 Å².